The van der Waals surface area contributed by atoms with Crippen LogP contribution in [0, 0.1) is 12.8 Å². The summed E-state index contributed by atoms with van der Waals surface area (Å²) in [6, 6.07) is 3.59. The Morgan fingerprint density at radius 1 is 1.30 bits per heavy atom. The lowest BCUT2D eigenvalue weighted by Gasteiger charge is -2.20. The number of aliphatic carboxylic acids is 1. The maximum Gasteiger partial charge on any atom is 0.407 e. The molecule has 2 heterocycles. The molecule has 2 N–H and O–H groups in total. The lowest BCUT2D eigenvalue weighted by molar-refractivity contribution is -0.142. The van der Waals surface area contributed by atoms with E-state index in [2.05, 4.69) is 20.6 Å². The second-order valence-corrected chi connectivity index (χ2v) is 7.41. The predicted molar refractivity (Wildman–Crippen MR) is 107 cm³/mol. The summed E-state index contributed by atoms with van der Waals surface area (Å²) in [4.78, 5) is 27.4. The number of hydrogen-bond acceptors (Lipinski definition) is 7. The van der Waals surface area contributed by atoms with Gasteiger partial charge in [0.2, 0.25) is 0 Å². The van der Waals surface area contributed by atoms with E-state index < -0.39 is 12.1 Å². The van der Waals surface area contributed by atoms with Gasteiger partial charge in [-0.1, -0.05) is 11.6 Å². The molecule has 0 aliphatic heterocycles. The van der Waals surface area contributed by atoms with Crippen LogP contribution in [0.1, 0.15) is 43.5 Å². The summed E-state index contributed by atoms with van der Waals surface area (Å²) in [6.45, 7) is 1.84. The Kier molecular flexibility index (Phi) is 6.86. The number of rotatable bonds is 6. The van der Waals surface area contributed by atoms with Gasteiger partial charge in [-0.15, -0.1) is 5.10 Å². The third kappa shape index (κ3) is 5.05. The number of nitrogens with zero attached hydrogens (tertiary/aromatic N) is 4. The Balaban J connectivity index is 1.76. The Bertz CT molecular complexity index is 913. The fourth-order valence-electron chi connectivity index (χ4n) is 3.58. The summed E-state index contributed by atoms with van der Waals surface area (Å²) in [5, 5.41) is 19.9. The molecule has 10 heteroatoms. The van der Waals surface area contributed by atoms with Crippen molar-refractivity contribution in [1.82, 2.24) is 25.3 Å². The zero-order chi connectivity index (χ0) is 21.7. The Labute approximate surface area is 174 Å². The number of hydrogen-bond donors (Lipinski definition) is 2. The number of ether oxygens (including phenoxy) is 2. The highest BCUT2D eigenvalue weighted by Gasteiger charge is 2.27. The Hall–Kier alpha value is -3.17. The van der Waals surface area contributed by atoms with Crippen molar-refractivity contribution in [2.45, 2.75) is 51.7 Å². The van der Waals surface area contributed by atoms with Gasteiger partial charge in [-0.3, -0.25) is 4.79 Å². The maximum absolute atomic E-state index is 11.4. The molecule has 0 aromatic carbocycles. The fourth-order valence-corrected chi connectivity index (χ4v) is 3.58. The Morgan fingerprint density at radius 3 is 2.77 bits per heavy atom. The number of aryl methyl sites for hydroxylation is 2. The van der Waals surface area contributed by atoms with E-state index >= 15 is 0 Å². The summed E-state index contributed by atoms with van der Waals surface area (Å²) in [5.74, 6) is -0.501. The van der Waals surface area contributed by atoms with Crippen molar-refractivity contribution in [3.63, 3.8) is 0 Å². The number of alkyl carbamates (subject to hydrolysis) is 1. The van der Waals surface area contributed by atoms with E-state index in [1.807, 2.05) is 13.0 Å². The van der Waals surface area contributed by atoms with Crippen molar-refractivity contribution in [2.75, 3.05) is 7.05 Å². The van der Waals surface area contributed by atoms with Crippen molar-refractivity contribution >= 4 is 12.1 Å². The molecule has 1 fully saturated rings. The molecule has 30 heavy (non-hydrogen) atoms. The molecule has 0 saturated heterocycles. The minimum absolute atomic E-state index is 0.0101. The first-order chi connectivity index (χ1) is 14.4. The van der Waals surface area contributed by atoms with Gasteiger partial charge in [-0.2, -0.15) is 0 Å². The highest BCUT2D eigenvalue weighted by atomic mass is 16.5. The van der Waals surface area contributed by atoms with Gasteiger partial charge in [0.15, 0.2) is 0 Å². The van der Waals surface area contributed by atoms with Gasteiger partial charge in [0.05, 0.1) is 23.4 Å². The average molecular weight is 417 g/mol. The average Bonchev–Trinajstić information content (AvgIpc) is 2.93. The molecule has 2 aromatic heterocycles. The molecule has 0 bridgehead atoms. The molecule has 1 aliphatic rings. The van der Waals surface area contributed by atoms with Crippen LogP contribution in [-0.2, 0) is 23.2 Å². The number of amides is 1. The van der Waals surface area contributed by atoms with Crippen LogP contribution in [-0.4, -0.2) is 50.3 Å². The lowest BCUT2D eigenvalue weighted by atomic mass is 9.99. The summed E-state index contributed by atoms with van der Waals surface area (Å²) in [7, 11) is 3.20. The standard InChI is InChI=1S/C20H27N5O5/c1-12-17(30-14-7-5-4-6-13(10-14)19(26)27)9-8-15(22-12)18-16(25(3)24-23-18)11-29-20(28)21-2/h8-9,13-14H,4-7,10-11H2,1-3H3,(H,21,28)(H,26,27). The monoisotopic (exact) mass is 417 g/mol. The van der Waals surface area contributed by atoms with Crippen LogP contribution in [0.15, 0.2) is 12.1 Å². The molecule has 1 saturated carbocycles. The van der Waals surface area contributed by atoms with Crippen LogP contribution in [0.4, 0.5) is 4.79 Å². The number of aromatic nitrogens is 4. The number of pyridine rings is 1. The van der Waals surface area contributed by atoms with E-state index in [0.29, 0.717) is 41.4 Å². The zero-order valence-corrected chi connectivity index (χ0v) is 17.4. The van der Waals surface area contributed by atoms with Gasteiger partial charge >= 0.3 is 12.1 Å². The van der Waals surface area contributed by atoms with E-state index in [1.165, 1.54) is 11.7 Å². The predicted octanol–water partition coefficient (Wildman–Crippen LogP) is 2.45. The largest absolute Gasteiger partial charge is 0.489 e. The van der Waals surface area contributed by atoms with E-state index in [1.54, 1.807) is 13.1 Å². The van der Waals surface area contributed by atoms with E-state index in [0.717, 1.165) is 19.3 Å². The normalized spacial score (nSPS) is 19.0. The smallest absolute Gasteiger partial charge is 0.407 e. The van der Waals surface area contributed by atoms with Gasteiger partial charge in [0.25, 0.3) is 0 Å². The van der Waals surface area contributed by atoms with Gasteiger partial charge in [0.1, 0.15) is 23.7 Å². The highest BCUT2D eigenvalue weighted by Crippen LogP contribution is 2.30. The minimum atomic E-state index is -0.759. The summed E-state index contributed by atoms with van der Waals surface area (Å²) in [6.07, 6.45) is 3.19. The van der Waals surface area contributed by atoms with Gasteiger partial charge in [0, 0.05) is 14.1 Å². The zero-order valence-electron chi connectivity index (χ0n) is 17.4. The first kappa shape index (κ1) is 21.5. The van der Waals surface area contributed by atoms with Crippen molar-refractivity contribution in [2.24, 2.45) is 13.0 Å². The molecule has 0 radical (unpaired) electrons. The molecule has 2 atom stereocenters. The summed E-state index contributed by atoms with van der Waals surface area (Å²) in [5.41, 5.74) is 2.41. The van der Waals surface area contributed by atoms with Crippen LogP contribution in [0.25, 0.3) is 11.4 Å². The molecule has 0 spiro atoms. The van der Waals surface area contributed by atoms with Gasteiger partial charge < -0.3 is 19.9 Å². The molecule has 1 amide bonds. The first-order valence-corrected chi connectivity index (χ1v) is 9.99. The third-order valence-electron chi connectivity index (χ3n) is 5.29. The first-order valence-electron chi connectivity index (χ1n) is 9.99. The number of carbonyl (C=O) groups is 2. The molecule has 162 valence electrons. The SMILES string of the molecule is CNC(=O)OCc1c(-c2ccc(OC3CCCCC(C(=O)O)C3)c(C)n2)nnn1C. The minimum Gasteiger partial charge on any atom is -0.489 e. The van der Waals surface area contributed by atoms with Gasteiger partial charge in [-0.25, -0.2) is 14.5 Å². The second-order valence-electron chi connectivity index (χ2n) is 7.41. The molecular weight excluding hydrogens is 390 g/mol. The molecule has 10 nitrogen and oxygen atoms in total. The molecule has 2 aromatic rings. The number of carbonyl (C=O) groups excluding carboxylic acids is 1. The van der Waals surface area contributed by atoms with E-state index in [4.69, 9.17) is 9.47 Å². The van der Waals surface area contributed by atoms with Crippen molar-refractivity contribution < 1.29 is 24.2 Å². The van der Waals surface area contributed by atoms with Crippen LogP contribution in [0.2, 0.25) is 0 Å². The quantitative estimate of drug-likeness (QED) is 0.686. The molecule has 3 rings (SSSR count). The van der Waals surface area contributed by atoms with Crippen molar-refractivity contribution in [3.05, 3.63) is 23.5 Å². The molecule has 2 unspecified atom stereocenters. The topological polar surface area (TPSA) is 128 Å². The van der Waals surface area contributed by atoms with Crippen LogP contribution in [0.3, 0.4) is 0 Å². The third-order valence-corrected chi connectivity index (χ3v) is 5.29. The second kappa shape index (κ2) is 9.55. The van der Waals surface area contributed by atoms with E-state index in [9.17, 15) is 14.7 Å². The van der Waals surface area contributed by atoms with E-state index in [-0.39, 0.29) is 18.6 Å². The fraction of sp³-hybridized carbons (Fsp3) is 0.550. The lowest BCUT2D eigenvalue weighted by Crippen LogP contribution is -2.23. The molecule has 1 aliphatic carbocycles. The number of carboxylic acids is 1. The van der Waals surface area contributed by atoms with Crippen molar-refractivity contribution in [3.8, 4) is 17.1 Å². The summed E-state index contributed by atoms with van der Waals surface area (Å²) < 4.78 is 12.8. The number of nitrogens with one attached hydrogen (secondary N) is 1. The van der Waals surface area contributed by atoms with Crippen LogP contribution < -0.4 is 10.1 Å². The highest BCUT2D eigenvalue weighted by molar-refractivity contribution is 5.70. The van der Waals surface area contributed by atoms with Crippen LogP contribution in [0.5, 0.6) is 5.75 Å². The van der Waals surface area contributed by atoms with Crippen molar-refractivity contribution in [1.29, 1.82) is 0 Å². The Morgan fingerprint density at radius 2 is 2.07 bits per heavy atom. The summed E-state index contributed by atoms with van der Waals surface area (Å²) >= 11 is 0. The number of carboxylic acid groups (broad SMARTS) is 1. The van der Waals surface area contributed by atoms with Gasteiger partial charge in [-0.05, 0) is 44.7 Å². The van der Waals surface area contributed by atoms with Crippen LogP contribution >= 0.6 is 0 Å². The molecular formula is C20H27N5O5. The maximum atomic E-state index is 11.4.